The van der Waals surface area contributed by atoms with E-state index >= 15 is 4.39 Å². The van der Waals surface area contributed by atoms with E-state index in [0.717, 1.165) is 6.21 Å². The van der Waals surface area contributed by atoms with Gasteiger partial charge in [0.05, 0.1) is 18.0 Å². The maximum absolute atomic E-state index is 15.4. The highest BCUT2D eigenvalue weighted by molar-refractivity contribution is 5.97. The van der Waals surface area contributed by atoms with Gasteiger partial charge in [-0.25, -0.2) is 14.2 Å². The maximum atomic E-state index is 15.4. The molecular weight excluding hydrogens is 539 g/mol. The van der Waals surface area contributed by atoms with Crippen LogP contribution in [0.15, 0.2) is 37.2 Å². The van der Waals surface area contributed by atoms with Gasteiger partial charge >= 0.3 is 6.03 Å². The third-order valence-electron chi connectivity index (χ3n) is 8.60. The number of halogens is 1. The van der Waals surface area contributed by atoms with Crippen LogP contribution in [-0.4, -0.2) is 67.4 Å². The van der Waals surface area contributed by atoms with Crippen molar-refractivity contribution >= 4 is 23.8 Å². The monoisotopic (exact) mass is 568 g/mol. The van der Waals surface area contributed by atoms with E-state index in [1.807, 2.05) is 0 Å². The van der Waals surface area contributed by atoms with Gasteiger partial charge in [0.15, 0.2) is 0 Å². The number of carbonyl (C=O) groups is 2. The summed E-state index contributed by atoms with van der Waals surface area (Å²) in [6.07, 6.45) is 5.75. The van der Waals surface area contributed by atoms with Crippen molar-refractivity contribution in [1.82, 2.24) is 24.6 Å². The Morgan fingerprint density at radius 2 is 2.21 bits per heavy atom. The molecule has 2 saturated heterocycles. The van der Waals surface area contributed by atoms with Gasteiger partial charge in [0.2, 0.25) is 5.91 Å². The van der Waals surface area contributed by atoms with Gasteiger partial charge in [0, 0.05) is 47.2 Å². The van der Waals surface area contributed by atoms with Gasteiger partial charge in [-0.3, -0.25) is 4.79 Å². The molecule has 3 aliphatic heterocycles. The van der Waals surface area contributed by atoms with Gasteiger partial charge < -0.3 is 25.7 Å². The lowest BCUT2D eigenvalue weighted by Gasteiger charge is -2.39. The first kappa shape index (κ1) is 27.1. The number of aromatic nitrogens is 3. The minimum atomic E-state index is -0.816. The van der Waals surface area contributed by atoms with Gasteiger partial charge in [0.1, 0.15) is 42.0 Å². The number of hydrogen-bond donors (Lipinski definition) is 2. The summed E-state index contributed by atoms with van der Waals surface area (Å²) in [7, 11) is 0. The zero-order chi connectivity index (χ0) is 29.8. The van der Waals surface area contributed by atoms with Crippen LogP contribution in [0.5, 0.6) is 5.75 Å². The molecule has 214 valence electrons. The van der Waals surface area contributed by atoms with Crippen molar-refractivity contribution in [3.63, 3.8) is 0 Å². The first-order chi connectivity index (χ1) is 20.2. The number of amides is 2. The number of rotatable bonds is 4. The molecule has 0 aliphatic carbocycles. The highest BCUT2D eigenvalue weighted by Gasteiger charge is 2.59. The van der Waals surface area contributed by atoms with Gasteiger partial charge in [-0.2, -0.15) is 9.94 Å². The van der Waals surface area contributed by atoms with Crippen LogP contribution in [-0.2, 0) is 17.8 Å². The lowest BCUT2D eigenvalue weighted by atomic mass is 9.87. The van der Waals surface area contributed by atoms with Crippen LogP contribution in [0.4, 0.5) is 14.9 Å². The summed E-state index contributed by atoms with van der Waals surface area (Å²) in [6, 6.07) is 5.78. The molecule has 6 rings (SSSR count). The molecule has 2 fully saturated rings. The Balaban J connectivity index is 1.47. The minimum Gasteiger partial charge on any atom is -0.490 e. The van der Waals surface area contributed by atoms with Crippen LogP contribution in [0.2, 0.25) is 0 Å². The standard InChI is InChI=1S/C30H29FN8O3/c1-3-5-18-10-19-14-37-24(30(11-25(37)40)8-4-9-38(30)29(41)39-16-35-17(2)36-39)15-42-28(19)21(13-33)26(18)27-20(12-32)23(34)7-6-22(27)31/h3,6-7,10,12,16,24,32H,1,4-5,8-9,11,14-15,34H2,2H3. The van der Waals surface area contributed by atoms with Crippen LogP contribution < -0.4 is 10.5 Å². The average Bonchev–Trinajstić information content (AvgIpc) is 3.62. The fourth-order valence-corrected chi connectivity index (χ4v) is 6.81. The zero-order valence-electron chi connectivity index (χ0n) is 23.1. The van der Waals surface area contributed by atoms with Crippen LogP contribution in [0.3, 0.4) is 0 Å². The molecule has 1 spiro atoms. The number of nitrogens with zero attached hydrogens (tertiary/aromatic N) is 6. The van der Waals surface area contributed by atoms with E-state index in [9.17, 15) is 14.9 Å². The summed E-state index contributed by atoms with van der Waals surface area (Å²) in [5.74, 6) is -0.0341. The molecular formula is C30H29FN8O3. The average molecular weight is 569 g/mol. The van der Waals surface area contributed by atoms with Crippen molar-refractivity contribution in [2.75, 3.05) is 18.9 Å². The first-order valence-corrected chi connectivity index (χ1v) is 13.6. The third-order valence-corrected chi connectivity index (χ3v) is 8.60. The summed E-state index contributed by atoms with van der Waals surface area (Å²) in [6.45, 7) is 6.18. The van der Waals surface area contributed by atoms with E-state index in [0.29, 0.717) is 42.8 Å². The topological polar surface area (TPSA) is 154 Å². The summed E-state index contributed by atoms with van der Waals surface area (Å²) < 4.78 is 23.0. The molecule has 3 N–H and O–H groups in total. The fraction of sp³-hybridized carbons (Fsp3) is 0.333. The molecule has 2 atom stereocenters. The van der Waals surface area contributed by atoms with Crippen molar-refractivity contribution in [1.29, 1.82) is 10.7 Å². The number of hydrogen-bond acceptors (Lipinski definition) is 8. The summed E-state index contributed by atoms with van der Waals surface area (Å²) in [5.41, 5.74) is 7.25. The van der Waals surface area contributed by atoms with Crippen molar-refractivity contribution < 1.29 is 18.7 Å². The largest absolute Gasteiger partial charge is 0.490 e. The van der Waals surface area contributed by atoms with Gasteiger partial charge in [-0.1, -0.05) is 6.08 Å². The van der Waals surface area contributed by atoms with Crippen LogP contribution >= 0.6 is 0 Å². The van der Waals surface area contributed by atoms with Crippen LogP contribution in [0.1, 0.15) is 47.3 Å². The van der Waals surface area contributed by atoms with E-state index in [1.54, 1.807) is 28.9 Å². The number of aryl methyl sites for hydroxylation is 1. The molecule has 12 heteroatoms. The van der Waals surface area contributed by atoms with Crippen molar-refractivity contribution in [2.24, 2.45) is 0 Å². The number of allylic oxidation sites excluding steroid dienone is 1. The number of nitrogens with two attached hydrogens (primary N) is 1. The Labute approximate surface area is 241 Å². The molecule has 4 heterocycles. The number of nitriles is 1. The normalized spacial score (nSPS) is 21.0. The van der Waals surface area contributed by atoms with Crippen LogP contribution in [0, 0.1) is 29.5 Å². The highest BCUT2D eigenvalue weighted by Crippen LogP contribution is 2.48. The molecule has 2 amide bonds. The first-order valence-electron chi connectivity index (χ1n) is 13.6. The van der Waals surface area contributed by atoms with Crippen LogP contribution in [0.25, 0.3) is 11.1 Å². The molecule has 0 saturated carbocycles. The second-order valence-electron chi connectivity index (χ2n) is 10.9. The Morgan fingerprint density at radius 3 is 2.90 bits per heavy atom. The predicted molar refractivity (Wildman–Crippen MR) is 151 cm³/mol. The molecule has 0 radical (unpaired) electrons. The second-order valence-corrected chi connectivity index (χ2v) is 10.9. The Hall–Kier alpha value is -5.05. The van der Waals surface area contributed by atoms with Crippen molar-refractivity contribution in [3.8, 4) is 22.9 Å². The SMILES string of the molecule is C=CCc1cc2c(c(C#N)c1-c1c(F)ccc(N)c1C=N)OCC1N(C2)C(=O)CC12CCCN2C(=O)n1cnc(C)n1. The number of likely N-dealkylation sites (tertiary alicyclic amines) is 1. The molecule has 11 nitrogen and oxygen atoms in total. The van der Waals surface area contributed by atoms with E-state index < -0.39 is 17.4 Å². The number of nitrogens with one attached hydrogen (secondary N) is 1. The smallest absolute Gasteiger partial charge is 0.346 e. The van der Waals surface area contributed by atoms with Gasteiger partial charge in [0.25, 0.3) is 0 Å². The lowest BCUT2D eigenvalue weighted by molar-refractivity contribution is -0.129. The molecule has 42 heavy (non-hydrogen) atoms. The number of anilines is 1. The summed E-state index contributed by atoms with van der Waals surface area (Å²) in [4.78, 5) is 34.6. The number of ether oxygens (including phenoxy) is 1. The molecule has 2 unspecified atom stereocenters. The molecule has 3 aromatic rings. The predicted octanol–water partition coefficient (Wildman–Crippen LogP) is 3.57. The lowest BCUT2D eigenvalue weighted by Crippen LogP contribution is -2.57. The number of carbonyl (C=O) groups excluding carboxylic acids is 2. The van der Waals surface area contributed by atoms with E-state index in [4.69, 9.17) is 15.9 Å². The maximum Gasteiger partial charge on any atom is 0.346 e. The molecule has 2 aromatic carbocycles. The molecule has 3 aliphatic rings. The molecule has 1 aromatic heterocycles. The van der Waals surface area contributed by atoms with Crippen molar-refractivity contribution in [3.05, 3.63) is 71.1 Å². The number of fused-ring (bicyclic) bond motifs is 3. The Morgan fingerprint density at radius 1 is 1.40 bits per heavy atom. The zero-order valence-corrected chi connectivity index (χ0v) is 23.1. The third kappa shape index (κ3) is 3.95. The second kappa shape index (κ2) is 10.1. The van der Waals surface area contributed by atoms with Crippen molar-refractivity contribution in [2.45, 2.75) is 50.7 Å². The Kier molecular flexibility index (Phi) is 6.52. The Bertz CT molecular complexity index is 1710. The van der Waals surface area contributed by atoms with E-state index in [2.05, 4.69) is 22.7 Å². The quantitative estimate of drug-likeness (QED) is 0.277. The van der Waals surface area contributed by atoms with E-state index in [-0.39, 0.29) is 65.2 Å². The fourth-order valence-electron chi connectivity index (χ4n) is 6.81. The number of nitrogen functional groups attached to an aromatic ring is 1. The number of benzene rings is 2. The summed E-state index contributed by atoms with van der Waals surface area (Å²) in [5, 5.41) is 22.5. The van der Waals surface area contributed by atoms with Gasteiger partial charge in [-0.15, -0.1) is 11.7 Å². The highest BCUT2D eigenvalue weighted by atomic mass is 19.1. The van der Waals surface area contributed by atoms with Gasteiger partial charge in [-0.05, 0) is 49.9 Å². The summed E-state index contributed by atoms with van der Waals surface area (Å²) >= 11 is 0. The van der Waals surface area contributed by atoms with E-state index in [1.165, 1.54) is 23.1 Å². The molecule has 0 bridgehead atoms. The minimum absolute atomic E-state index is 0.0324.